The third-order valence-corrected chi connectivity index (χ3v) is 6.58. The maximum atomic E-state index is 11.8. The zero-order valence-corrected chi connectivity index (χ0v) is 18.4. The van der Waals surface area contributed by atoms with Gasteiger partial charge in [-0.2, -0.15) is 0 Å². The zero-order chi connectivity index (χ0) is 22.3. The molecule has 1 aliphatic carbocycles. The van der Waals surface area contributed by atoms with Crippen molar-refractivity contribution < 1.29 is 19.4 Å². The smallest absolute Gasteiger partial charge is 0.306 e. The Balaban J connectivity index is 2.01. The van der Waals surface area contributed by atoms with Gasteiger partial charge in [0.15, 0.2) is 0 Å². The van der Waals surface area contributed by atoms with Gasteiger partial charge >= 0.3 is 5.97 Å². The molecule has 160 valence electrons. The van der Waals surface area contributed by atoms with E-state index in [0.717, 1.165) is 11.1 Å². The van der Waals surface area contributed by atoms with E-state index in [9.17, 15) is 14.7 Å². The van der Waals surface area contributed by atoms with Crippen molar-refractivity contribution in [1.29, 1.82) is 0 Å². The first-order valence-corrected chi connectivity index (χ1v) is 10.6. The van der Waals surface area contributed by atoms with E-state index in [1.54, 1.807) is 26.0 Å². The van der Waals surface area contributed by atoms with Gasteiger partial charge in [0, 0.05) is 11.0 Å². The van der Waals surface area contributed by atoms with Crippen molar-refractivity contribution in [3.63, 3.8) is 0 Å². The Kier molecular flexibility index (Phi) is 5.62. The number of carboxylic acids is 1. The quantitative estimate of drug-likeness (QED) is 0.485. The molecule has 6 nitrogen and oxygen atoms in total. The van der Waals surface area contributed by atoms with E-state index in [0.29, 0.717) is 45.4 Å². The number of ether oxygens (including phenoxy) is 1. The number of fused-ring (bicyclic) bond motifs is 4. The molecule has 0 radical (unpaired) electrons. The number of rotatable bonds is 7. The summed E-state index contributed by atoms with van der Waals surface area (Å²) in [7, 11) is 0. The molecule has 0 saturated heterocycles. The van der Waals surface area contributed by atoms with E-state index in [2.05, 4.69) is 0 Å². The topological polar surface area (TPSA) is 89.4 Å². The van der Waals surface area contributed by atoms with Crippen molar-refractivity contribution in [1.82, 2.24) is 9.97 Å². The number of aromatic nitrogens is 2. The van der Waals surface area contributed by atoms with Crippen molar-refractivity contribution in [2.24, 2.45) is 5.92 Å². The van der Waals surface area contributed by atoms with Gasteiger partial charge < -0.3 is 9.84 Å². The fraction of sp³-hybridized carbons (Fsp3) is 0.304. The van der Waals surface area contributed by atoms with Crippen LogP contribution < -0.4 is 0 Å². The van der Waals surface area contributed by atoms with Crippen LogP contribution in [0.25, 0.3) is 22.3 Å². The summed E-state index contributed by atoms with van der Waals surface area (Å²) in [6.45, 7) is 3.86. The molecule has 0 saturated carbocycles. The Morgan fingerprint density at radius 2 is 1.77 bits per heavy atom. The Morgan fingerprint density at radius 1 is 1.13 bits per heavy atom. The van der Waals surface area contributed by atoms with Crippen LogP contribution in [0.2, 0.25) is 10.0 Å². The maximum Gasteiger partial charge on any atom is 0.306 e. The molecule has 1 N–H and O–H groups in total. The van der Waals surface area contributed by atoms with Crippen LogP contribution in [0.5, 0.6) is 0 Å². The van der Waals surface area contributed by atoms with E-state index in [-0.39, 0.29) is 6.42 Å². The van der Waals surface area contributed by atoms with Gasteiger partial charge in [0.2, 0.25) is 0 Å². The Morgan fingerprint density at radius 3 is 2.42 bits per heavy atom. The van der Waals surface area contributed by atoms with E-state index in [1.165, 1.54) is 0 Å². The number of aliphatic carboxylic acids is 1. The minimum Gasteiger partial charge on any atom is -0.481 e. The third kappa shape index (κ3) is 3.64. The van der Waals surface area contributed by atoms with Crippen LogP contribution in [0.3, 0.4) is 0 Å². The van der Waals surface area contributed by atoms with Crippen LogP contribution in [0, 0.1) is 5.92 Å². The van der Waals surface area contributed by atoms with Gasteiger partial charge in [-0.1, -0.05) is 54.4 Å². The summed E-state index contributed by atoms with van der Waals surface area (Å²) in [5, 5.41) is 10.4. The predicted octanol–water partition coefficient (Wildman–Crippen LogP) is 5.27. The molecular weight excluding hydrogens is 439 g/mol. The number of benzene rings is 2. The van der Waals surface area contributed by atoms with Crippen LogP contribution in [-0.2, 0) is 19.7 Å². The van der Waals surface area contributed by atoms with Crippen molar-refractivity contribution >= 4 is 46.7 Å². The molecule has 0 amide bonds. The first kappa shape index (κ1) is 21.5. The van der Waals surface area contributed by atoms with Gasteiger partial charge in [0.1, 0.15) is 0 Å². The lowest BCUT2D eigenvalue weighted by atomic mass is 9.70. The summed E-state index contributed by atoms with van der Waals surface area (Å²) in [5.74, 6) is -1.56. The second kappa shape index (κ2) is 8.09. The minimum absolute atomic E-state index is 0.278. The summed E-state index contributed by atoms with van der Waals surface area (Å²) in [6, 6.07) is 11.1. The van der Waals surface area contributed by atoms with Gasteiger partial charge in [-0.15, -0.1) is 0 Å². The Bertz CT molecular complexity index is 1200. The highest BCUT2D eigenvalue weighted by Gasteiger charge is 2.48. The molecule has 4 rings (SSSR count). The molecular formula is C23H20Cl2N2O4. The lowest BCUT2D eigenvalue weighted by Gasteiger charge is -2.34. The lowest BCUT2D eigenvalue weighted by Crippen LogP contribution is -2.35. The van der Waals surface area contributed by atoms with Crippen molar-refractivity contribution in [2.45, 2.75) is 38.2 Å². The van der Waals surface area contributed by atoms with Crippen LogP contribution in [-0.4, -0.2) is 33.6 Å². The number of hydrogen-bond acceptors (Lipinski definition) is 5. The molecule has 8 heteroatoms. The molecule has 0 spiro atoms. The first-order chi connectivity index (χ1) is 14.8. The number of carboxylic acid groups (broad SMARTS) is 1. The van der Waals surface area contributed by atoms with E-state index in [1.807, 2.05) is 24.3 Å². The normalized spacial score (nSPS) is 18.8. The third-order valence-electron chi connectivity index (χ3n) is 5.86. The highest BCUT2D eigenvalue weighted by Crippen LogP contribution is 2.53. The fourth-order valence-corrected chi connectivity index (χ4v) is 4.86. The summed E-state index contributed by atoms with van der Waals surface area (Å²) in [4.78, 5) is 32.5. The molecule has 1 heterocycles. The molecule has 0 bridgehead atoms. The number of nitrogens with zero attached hydrogens (tertiary/aromatic N) is 2. The summed E-state index contributed by atoms with van der Waals surface area (Å²) >= 11 is 12.4. The standard InChI is InChI=1S/C23H20Cl2N2O4/c1-12(22(29)30)9-23(10-13(2)31-11-28)15-6-4-3-5-14(15)20-21(23)27-19-8-17(25)16(24)7-18(19)26-20/h3-8,11-13H,9-10H2,1-2H3,(H,29,30). The second-order valence-electron chi connectivity index (χ2n) is 7.99. The van der Waals surface area contributed by atoms with Crippen LogP contribution in [0.15, 0.2) is 36.4 Å². The maximum absolute atomic E-state index is 11.8. The largest absolute Gasteiger partial charge is 0.481 e. The summed E-state index contributed by atoms with van der Waals surface area (Å²) < 4.78 is 5.21. The Hall–Kier alpha value is -2.70. The van der Waals surface area contributed by atoms with Gasteiger partial charge in [-0.3, -0.25) is 9.59 Å². The fourth-order valence-electron chi connectivity index (χ4n) is 4.55. The van der Waals surface area contributed by atoms with Gasteiger partial charge in [-0.05, 0) is 37.5 Å². The highest BCUT2D eigenvalue weighted by molar-refractivity contribution is 6.42. The summed E-state index contributed by atoms with van der Waals surface area (Å²) in [5.41, 5.74) is 3.52. The number of carbonyl (C=O) groups excluding carboxylic acids is 1. The second-order valence-corrected chi connectivity index (χ2v) is 8.81. The van der Waals surface area contributed by atoms with Crippen molar-refractivity contribution in [3.05, 3.63) is 57.7 Å². The molecule has 0 aliphatic heterocycles. The number of hydrogen-bond donors (Lipinski definition) is 1. The minimum atomic E-state index is -0.905. The van der Waals surface area contributed by atoms with E-state index >= 15 is 0 Å². The van der Waals surface area contributed by atoms with E-state index < -0.39 is 23.4 Å². The molecule has 1 aromatic heterocycles. The molecule has 3 aromatic rings. The molecule has 2 aromatic carbocycles. The number of halogens is 2. The molecule has 1 aliphatic rings. The first-order valence-electron chi connectivity index (χ1n) is 9.86. The molecule has 3 unspecified atom stereocenters. The number of carbonyl (C=O) groups is 2. The average molecular weight is 459 g/mol. The van der Waals surface area contributed by atoms with E-state index in [4.69, 9.17) is 37.9 Å². The summed E-state index contributed by atoms with van der Waals surface area (Å²) in [6.07, 6.45) is 0.193. The van der Waals surface area contributed by atoms with Crippen LogP contribution in [0.4, 0.5) is 0 Å². The lowest BCUT2D eigenvalue weighted by molar-refractivity contribution is -0.142. The predicted molar refractivity (Wildman–Crippen MR) is 118 cm³/mol. The molecule has 31 heavy (non-hydrogen) atoms. The van der Waals surface area contributed by atoms with Crippen LogP contribution >= 0.6 is 23.2 Å². The zero-order valence-electron chi connectivity index (χ0n) is 16.9. The average Bonchev–Trinajstić information content (AvgIpc) is 2.97. The molecule has 0 fully saturated rings. The van der Waals surface area contributed by atoms with Crippen molar-refractivity contribution in [3.8, 4) is 11.3 Å². The van der Waals surface area contributed by atoms with Gasteiger partial charge in [0.25, 0.3) is 6.47 Å². The highest BCUT2D eigenvalue weighted by atomic mass is 35.5. The van der Waals surface area contributed by atoms with Gasteiger partial charge in [0.05, 0.1) is 44.5 Å². The SMILES string of the molecule is CC(CC1(CC(C)C(=O)O)c2ccccc2-c2nc3cc(Cl)c(Cl)cc3nc21)OC=O. The monoisotopic (exact) mass is 458 g/mol. The molecule has 3 atom stereocenters. The van der Waals surface area contributed by atoms with Gasteiger partial charge in [-0.25, -0.2) is 9.97 Å². The Labute approximate surface area is 189 Å². The van der Waals surface area contributed by atoms with Crippen LogP contribution in [0.1, 0.15) is 37.9 Å². The van der Waals surface area contributed by atoms with Crippen molar-refractivity contribution in [2.75, 3.05) is 0 Å².